The molecule has 0 amide bonds. The molecule has 0 saturated carbocycles. The Bertz CT molecular complexity index is 2020. The molecule has 1 aliphatic carbocycles. The van der Waals surface area contributed by atoms with Crippen LogP contribution in [0.2, 0.25) is 0 Å². The molecule has 7 aromatic carbocycles. The lowest BCUT2D eigenvalue weighted by atomic mass is 9.67. The third-order valence-electron chi connectivity index (χ3n) is 8.94. The average molecular weight is 562 g/mol. The van der Waals surface area contributed by atoms with E-state index in [1.807, 2.05) is 0 Å². The van der Waals surface area contributed by atoms with Gasteiger partial charge in [0.25, 0.3) is 0 Å². The first kappa shape index (κ1) is 26.0. The van der Waals surface area contributed by atoms with E-state index in [1.54, 1.807) is 0 Å². The third kappa shape index (κ3) is 4.33. The van der Waals surface area contributed by atoms with Crippen LogP contribution in [-0.2, 0) is 5.41 Å². The Morgan fingerprint density at radius 1 is 0.318 bits per heavy atom. The Kier molecular flexibility index (Phi) is 6.43. The van der Waals surface area contributed by atoms with Crippen LogP contribution in [0.15, 0.2) is 182 Å². The van der Waals surface area contributed by atoms with Crippen LogP contribution in [-0.4, -0.2) is 0 Å². The largest absolute Gasteiger partial charge is 0.356 e. The molecule has 1 heteroatoms. The van der Waals surface area contributed by atoms with Gasteiger partial charge in [-0.05, 0) is 86.0 Å². The second-order valence-electron chi connectivity index (χ2n) is 11.4. The highest BCUT2D eigenvalue weighted by atomic mass is 14.9. The molecule has 0 saturated heterocycles. The third-order valence-corrected chi connectivity index (χ3v) is 8.94. The second-order valence-corrected chi connectivity index (χ2v) is 11.4. The molecule has 1 nitrogen and oxygen atoms in total. The van der Waals surface area contributed by atoms with Gasteiger partial charge in [0.15, 0.2) is 0 Å². The number of anilines is 2. The minimum Gasteiger partial charge on any atom is -0.356 e. The van der Waals surface area contributed by atoms with Gasteiger partial charge in [0.1, 0.15) is 0 Å². The fraction of sp³-hybridized carbons (Fsp3) is 0.0233. The lowest BCUT2D eigenvalue weighted by molar-refractivity contribution is 0.769. The lowest BCUT2D eigenvalue weighted by Gasteiger charge is -2.34. The van der Waals surface area contributed by atoms with Gasteiger partial charge < -0.3 is 5.32 Å². The summed E-state index contributed by atoms with van der Waals surface area (Å²) in [5, 5.41) is 3.72. The fourth-order valence-corrected chi connectivity index (χ4v) is 6.94. The summed E-state index contributed by atoms with van der Waals surface area (Å²) in [5.74, 6) is 0. The molecule has 8 rings (SSSR count). The Balaban J connectivity index is 1.18. The molecule has 0 heterocycles. The van der Waals surface area contributed by atoms with Crippen LogP contribution in [0.3, 0.4) is 0 Å². The minimum absolute atomic E-state index is 0.403. The summed E-state index contributed by atoms with van der Waals surface area (Å²) in [4.78, 5) is 0. The molecule has 0 aromatic heterocycles. The Labute approximate surface area is 259 Å². The van der Waals surface area contributed by atoms with Crippen molar-refractivity contribution in [2.45, 2.75) is 5.41 Å². The number of hydrogen-bond donors (Lipinski definition) is 1. The summed E-state index contributed by atoms with van der Waals surface area (Å²) in [7, 11) is 0. The van der Waals surface area contributed by atoms with Gasteiger partial charge in [0.2, 0.25) is 0 Å². The first-order valence-electron chi connectivity index (χ1n) is 15.2. The van der Waals surface area contributed by atoms with Crippen molar-refractivity contribution in [3.63, 3.8) is 0 Å². The van der Waals surface area contributed by atoms with Gasteiger partial charge in [0, 0.05) is 11.4 Å². The first-order chi connectivity index (χ1) is 21.8. The highest BCUT2D eigenvalue weighted by Gasteiger charge is 2.45. The Morgan fingerprint density at radius 3 is 1.48 bits per heavy atom. The van der Waals surface area contributed by atoms with E-state index in [0.29, 0.717) is 0 Å². The van der Waals surface area contributed by atoms with Crippen molar-refractivity contribution in [1.82, 2.24) is 0 Å². The van der Waals surface area contributed by atoms with Crippen LogP contribution in [0.5, 0.6) is 0 Å². The number of hydrogen-bond acceptors (Lipinski definition) is 1. The van der Waals surface area contributed by atoms with E-state index in [-0.39, 0.29) is 0 Å². The molecule has 0 spiro atoms. The maximum Gasteiger partial charge on any atom is 0.0714 e. The summed E-state index contributed by atoms with van der Waals surface area (Å²) in [5.41, 5.74) is 14.4. The van der Waals surface area contributed by atoms with Gasteiger partial charge in [-0.3, -0.25) is 0 Å². The maximum atomic E-state index is 3.72. The standard InChI is InChI=1S/C43H31N/c1-4-13-31(14-5-1)33-15-12-16-34(29-33)32-23-25-37(26-24-32)44-38-27-28-40-39-21-10-11-22-41(39)43(42(40)30-38,35-17-6-2-7-18-35)36-19-8-3-9-20-36/h1-30,44H. The van der Waals surface area contributed by atoms with Crippen LogP contribution in [0.1, 0.15) is 22.3 Å². The second kappa shape index (κ2) is 10.9. The number of fused-ring (bicyclic) bond motifs is 3. The number of benzene rings is 7. The van der Waals surface area contributed by atoms with Crippen LogP contribution in [0, 0.1) is 0 Å². The van der Waals surface area contributed by atoms with Crippen molar-refractivity contribution >= 4 is 11.4 Å². The minimum atomic E-state index is -0.403. The van der Waals surface area contributed by atoms with Gasteiger partial charge in [-0.1, -0.05) is 152 Å². The van der Waals surface area contributed by atoms with E-state index in [2.05, 4.69) is 187 Å². The molecule has 1 aliphatic rings. The number of nitrogens with one attached hydrogen (secondary N) is 1. The molecular formula is C43H31N. The van der Waals surface area contributed by atoms with Crippen LogP contribution < -0.4 is 5.32 Å². The quantitative estimate of drug-likeness (QED) is 0.213. The Hall–Kier alpha value is -5.66. The van der Waals surface area contributed by atoms with E-state index < -0.39 is 5.41 Å². The zero-order chi connectivity index (χ0) is 29.3. The molecule has 0 atom stereocenters. The van der Waals surface area contributed by atoms with Crippen molar-refractivity contribution in [2.75, 3.05) is 5.32 Å². The van der Waals surface area contributed by atoms with E-state index in [1.165, 1.54) is 55.6 Å². The van der Waals surface area contributed by atoms with Crippen molar-refractivity contribution in [2.24, 2.45) is 0 Å². The van der Waals surface area contributed by atoms with Gasteiger partial charge in [-0.15, -0.1) is 0 Å². The zero-order valence-electron chi connectivity index (χ0n) is 24.3. The molecule has 44 heavy (non-hydrogen) atoms. The van der Waals surface area contributed by atoms with Crippen LogP contribution in [0.4, 0.5) is 11.4 Å². The first-order valence-corrected chi connectivity index (χ1v) is 15.2. The summed E-state index contributed by atoms with van der Waals surface area (Å²) < 4.78 is 0. The summed E-state index contributed by atoms with van der Waals surface area (Å²) in [6.07, 6.45) is 0. The number of rotatable bonds is 6. The zero-order valence-corrected chi connectivity index (χ0v) is 24.3. The summed E-state index contributed by atoms with van der Waals surface area (Å²) in [6.45, 7) is 0. The molecule has 0 radical (unpaired) electrons. The lowest BCUT2D eigenvalue weighted by Crippen LogP contribution is -2.28. The van der Waals surface area contributed by atoms with Gasteiger partial charge in [-0.25, -0.2) is 0 Å². The molecule has 0 bridgehead atoms. The average Bonchev–Trinajstić information content (AvgIpc) is 3.40. The molecule has 0 unspecified atom stereocenters. The highest BCUT2D eigenvalue weighted by molar-refractivity contribution is 5.88. The molecular weight excluding hydrogens is 530 g/mol. The fourth-order valence-electron chi connectivity index (χ4n) is 6.94. The molecule has 0 fully saturated rings. The maximum absolute atomic E-state index is 3.72. The van der Waals surface area contributed by atoms with Crippen LogP contribution >= 0.6 is 0 Å². The smallest absolute Gasteiger partial charge is 0.0714 e. The summed E-state index contributed by atoms with van der Waals surface area (Å²) in [6, 6.07) is 65.7. The topological polar surface area (TPSA) is 12.0 Å². The highest BCUT2D eigenvalue weighted by Crippen LogP contribution is 2.56. The van der Waals surface area contributed by atoms with Crippen molar-refractivity contribution < 1.29 is 0 Å². The summed E-state index contributed by atoms with van der Waals surface area (Å²) >= 11 is 0. The molecule has 0 aliphatic heterocycles. The predicted octanol–water partition coefficient (Wildman–Crippen LogP) is 11.1. The van der Waals surface area contributed by atoms with E-state index >= 15 is 0 Å². The van der Waals surface area contributed by atoms with Gasteiger partial charge in [0.05, 0.1) is 5.41 Å². The SMILES string of the molecule is c1ccc(-c2cccc(-c3ccc(Nc4ccc5c(c4)C(c4ccccc4)(c4ccccc4)c4ccccc4-5)cc3)c2)cc1. The van der Waals surface area contributed by atoms with Crippen molar-refractivity contribution in [3.05, 3.63) is 204 Å². The van der Waals surface area contributed by atoms with Crippen molar-refractivity contribution in [3.8, 4) is 33.4 Å². The van der Waals surface area contributed by atoms with E-state index in [0.717, 1.165) is 11.4 Å². The van der Waals surface area contributed by atoms with Crippen LogP contribution in [0.25, 0.3) is 33.4 Å². The predicted molar refractivity (Wildman–Crippen MR) is 184 cm³/mol. The van der Waals surface area contributed by atoms with Gasteiger partial charge in [-0.2, -0.15) is 0 Å². The van der Waals surface area contributed by atoms with E-state index in [4.69, 9.17) is 0 Å². The Morgan fingerprint density at radius 2 is 0.818 bits per heavy atom. The molecule has 1 N–H and O–H groups in total. The molecule has 7 aromatic rings. The van der Waals surface area contributed by atoms with Crippen molar-refractivity contribution in [1.29, 1.82) is 0 Å². The van der Waals surface area contributed by atoms with E-state index in [9.17, 15) is 0 Å². The van der Waals surface area contributed by atoms with Gasteiger partial charge >= 0.3 is 0 Å². The monoisotopic (exact) mass is 561 g/mol. The normalized spacial score (nSPS) is 12.7. The molecule has 208 valence electrons.